The molecule has 0 radical (unpaired) electrons. The summed E-state index contributed by atoms with van der Waals surface area (Å²) in [5, 5.41) is 7.03. The average molecular weight is 457 g/mol. The van der Waals surface area contributed by atoms with Gasteiger partial charge < -0.3 is 10.6 Å². The third-order valence-corrected chi connectivity index (χ3v) is 5.36. The molecule has 1 aromatic carbocycles. The molecule has 2 atom stereocenters. The van der Waals surface area contributed by atoms with Crippen molar-refractivity contribution < 1.29 is 0 Å². The van der Waals surface area contributed by atoms with Gasteiger partial charge in [0, 0.05) is 52.4 Å². The Balaban J connectivity index is 0.00000225. The summed E-state index contributed by atoms with van der Waals surface area (Å²) in [4.78, 5) is 9.57. The summed E-state index contributed by atoms with van der Waals surface area (Å²) < 4.78 is 0. The summed E-state index contributed by atoms with van der Waals surface area (Å²) in [6, 6.07) is 9.69. The summed E-state index contributed by atoms with van der Waals surface area (Å²) in [6.07, 6.45) is 1.08. The summed E-state index contributed by atoms with van der Waals surface area (Å²) in [6.45, 7) is 11.4. The normalized spacial score (nSPS) is 26.7. The number of guanidine groups is 1. The first-order chi connectivity index (χ1) is 11.7. The fourth-order valence-electron chi connectivity index (χ4n) is 3.66. The minimum atomic E-state index is 0. The summed E-state index contributed by atoms with van der Waals surface area (Å²) >= 11 is 0. The lowest BCUT2D eigenvalue weighted by molar-refractivity contribution is 0.0154. The number of rotatable bonds is 5. The molecule has 140 valence electrons. The SMILES string of the molecule is CCc1ccc(C(C)NC(=NC)NCC2CN3CCN2CC3)cc1.I. The highest BCUT2D eigenvalue weighted by Gasteiger charge is 2.31. The number of aliphatic imine (C=N–C) groups is 1. The zero-order valence-corrected chi connectivity index (χ0v) is 18.0. The van der Waals surface area contributed by atoms with Crippen molar-refractivity contribution in [1.82, 2.24) is 20.4 Å². The van der Waals surface area contributed by atoms with Crippen molar-refractivity contribution in [2.75, 3.05) is 46.3 Å². The maximum absolute atomic E-state index is 4.40. The molecule has 1 aromatic rings. The van der Waals surface area contributed by atoms with E-state index in [1.54, 1.807) is 0 Å². The van der Waals surface area contributed by atoms with Crippen molar-refractivity contribution in [2.24, 2.45) is 4.99 Å². The van der Waals surface area contributed by atoms with E-state index in [0.717, 1.165) is 18.9 Å². The third kappa shape index (κ3) is 5.31. The fraction of sp³-hybridized carbons (Fsp3) is 0.632. The van der Waals surface area contributed by atoms with E-state index in [2.05, 4.69) is 63.5 Å². The number of aryl methyl sites for hydroxylation is 1. The first kappa shape index (κ1) is 20.5. The van der Waals surface area contributed by atoms with Crippen LogP contribution in [0.15, 0.2) is 29.3 Å². The second kappa shape index (κ2) is 9.73. The summed E-state index contributed by atoms with van der Waals surface area (Å²) in [7, 11) is 1.85. The van der Waals surface area contributed by atoms with E-state index >= 15 is 0 Å². The quantitative estimate of drug-likeness (QED) is 0.404. The monoisotopic (exact) mass is 457 g/mol. The Morgan fingerprint density at radius 2 is 1.88 bits per heavy atom. The molecule has 2 N–H and O–H groups in total. The molecule has 2 bridgehead atoms. The summed E-state index contributed by atoms with van der Waals surface area (Å²) in [5.74, 6) is 0.889. The molecule has 3 aliphatic rings. The van der Waals surface area contributed by atoms with Crippen LogP contribution < -0.4 is 10.6 Å². The molecule has 6 heteroatoms. The number of piperazine rings is 3. The van der Waals surface area contributed by atoms with E-state index in [4.69, 9.17) is 0 Å². The van der Waals surface area contributed by atoms with Crippen molar-refractivity contribution in [1.29, 1.82) is 0 Å². The van der Waals surface area contributed by atoms with Crippen LogP contribution in [0, 0.1) is 0 Å². The smallest absolute Gasteiger partial charge is 0.191 e. The lowest BCUT2D eigenvalue weighted by Crippen LogP contribution is -2.63. The molecule has 0 aliphatic carbocycles. The van der Waals surface area contributed by atoms with Gasteiger partial charge >= 0.3 is 0 Å². The number of fused-ring (bicyclic) bond motifs is 3. The molecular formula is C19H32IN5. The zero-order chi connectivity index (χ0) is 16.9. The van der Waals surface area contributed by atoms with Gasteiger partial charge in [-0.1, -0.05) is 31.2 Å². The van der Waals surface area contributed by atoms with Crippen LogP contribution in [0.5, 0.6) is 0 Å². The molecule has 0 aromatic heterocycles. The number of hydrogen-bond acceptors (Lipinski definition) is 3. The molecule has 4 rings (SSSR count). The Labute approximate surface area is 169 Å². The van der Waals surface area contributed by atoms with Gasteiger partial charge in [0.15, 0.2) is 5.96 Å². The molecular weight excluding hydrogens is 425 g/mol. The van der Waals surface area contributed by atoms with Crippen molar-refractivity contribution in [3.8, 4) is 0 Å². The molecule has 2 unspecified atom stereocenters. The van der Waals surface area contributed by atoms with Crippen molar-refractivity contribution in [2.45, 2.75) is 32.4 Å². The molecule has 3 heterocycles. The maximum atomic E-state index is 4.40. The standard InChI is InChI=1S/C19H31N5.HI/c1-4-16-5-7-17(8-6-16)15(2)22-19(20-3)21-13-18-14-23-9-11-24(18)12-10-23;/h5-8,15,18H,4,9-14H2,1-3H3,(H2,20,21,22);1H. The molecule has 5 nitrogen and oxygen atoms in total. The lowest BCUT2D eigenvalue weighted by atomic mass is 10.1. The van der Waals surface area contributed by atoms with Gasteiger partial charge in [-0.05, 0) is 24.5 Å². The van der Waals surface area contributed by atoms with Crippen LogP contribution in [-0.4, -0.2) is 68.1 Å². The second-order valence-corrected chi connectivity index (χ2v) is 6.90. The Hall–Kier alpha value is -0.860. The largest absolute Gasteiger partial charge is 0.355 e. The molecule has 25 heavy (non-hydrogen) atoms. The highest BCUT2D eigenvalue weighted by atomic mass is 127. The maximum Gasteiger partial charge on any atom is 0.191 e. The van der Waals surface area contributed by atoms with Crippen LogP contribution in [0.3, 0.4) is 0 Å². The molecule has 3 saturated heterocycles. The van der Waals surface area contributed by atoms with Crippen molar-refractivity contribution in [3.63, 3.8) is 0 Å². The number of nitrogens with zero attached hydrogens (tertiary/aromatic N) is 3. The predicted octanol–water partition coefficient (Wildman–Crippen LogP) is 2.09. The lowest BCUT2D eigenvalue weighted by Gasteiger charge is -2.47. The van der Waals surface area contributed by atoms with E-state index < -0.39 is 0 Å². The zero-order valence-electron chi connectivity index (χ0n) is 15.7. The van der Waals surface area contributed by atoms with E-state index in [1.165, 1.54) is 43.9 Å². The predicted molar refractivity (Wildman–Crippen MR) is 116 cm³/mol. The van der Waals surface area contributed by atoms with Gasteiger partial charge in [-0.2, -0.15) is 0 Å². The fourth-order valence-corrected chi connectivity index (χ4v) is 3.66. The van der Waals surface area contributed by atoms with Crippen molar-refractivity contribution in [3.05, 3.63) is 35.4 Å². The minimum absolute atomic E-state index is 0. The van der Waals surface area contributed by atoms with Gasteiger partial charge in [0.25, 0.3) is 0 Å². The van der Waals surface area contributed by atoms with Gasteiger partial charge in [0.1, 0.15) is 0 Å². The summed E-state index contributed by atoms with van der Waals surface area (Å²) in [5.41, 5.74) is 2.67. The van der Waals surface area contributed by atoms with Gasteiger partial charge in [-0.3, -0.25) is 14.8 Å². The van der Waals surface area contributed by atoms with E-state index in [-0.39, 0.29) is 30.0 Å². The van der Waals surface area contributed by atoms with Crippen LogP contribution in [-0.2, 0) is 6.42 Å². The van der Waals surface area contributed by atoms with Crippen LogP contribution in [0.25, 0.3) is 0 Å². The Kier molecular flexibility index (Phi) is 7.96. The number of halogens is 1. The van der Waals surface area contributed by atoms with Gasteiger partial charge in [-0.15, -0.1) is 24.0 Å². The van der Waals surface area contributed by atoms with Crippen LogP contribution >= 0.6 is 24.0 Å². The number of nitrogens with one attached hydrogen (secondary N) is 2. The molecule has 3 aliphatic heterocycles. The Morgan fingerprint density at radius 1 is 1.20 bits per heavy atom. The topological polar surface area (TPSA) is 42.9 Å². The van der Waals surface area contributed by atoms with Crippen LogP contribution in [0.1, 0.15) is 31.0 Å². The van der Waals surface area contributed by atoms with Crippen molar-refractivity contribution >= 4 is 29.9 Å². The highest BCUT2D eigenvalue weighted by Crippen LogP contribution is 2.15. The highest BCUT2D eigenvalue weighted by molar-refractivity contribution is 14.0. The first-order valence-electron chi connectivity index (χ1n) is 9.22. The molecule has 0 spiro atoms. The number of benzene rings is 1. The third-order valence-electron chi connectivity index (χ3n) is 5.36. The first-order valence-corrected chi connectivity index (χ1v) is 9.22. The molecule has 0 amide bonds. The van der Waals surface area contributed by atoms with Gasteiger partial charge in [0.05, 0.1) is 6.04 Å². The minimum Gasteiger partial charge on any atom is -0.355 e. The molecule has 3 fully saturated rings. The van der Waals surface area contributed by atoms with E-state index in [1.807, 2.05) is 7.05 Å². The van der Waals surface area contributed by atoms with Gasteiger partial charge in [-0.25, -0.2) is 0 Å². The van der Waals surface area contributed by atoms with Crippen LogP contribution in [0.2, 0.25) is 0 Å². The molecule has 0 saturated carbocycles. The Bertz CT molecular complexity index is 551. The van der Waals surface area contributed by atoms with E-state index in [0.29, 0.717) is 6.04 Å². The number of hydrogen-bond donors (Lipinski definition) is 2. The Morgan fingerprint density at radius 3 is 2.40 bits per heavy atom. The second-order valence-electron chi connectivity index (χ2n) is 6.90. The average Bonchev–Trinajstić information content (AvgIpc) is 2.66. The van der Waals surface area contributed by atoms with E-state index in [9.17, 15) is 0 Å². The van der Waals surface area contributed by atoms with Crippen LogP contribution in [0.4, 0.5) is 0 Å². The van der Waals surface area contributed by atoms with Gasteiger partial charge in [0.2, 0.25) is 0 Å².